The highest BCUT2D eigenvalue weighted by atomic mass is 32.1. The summed E-state index contributed by atoms with van der Waals surface area (Å²) in [5.74, 6) is -0.294. The van der Waals surface area contributed by atoms with E-state index in [2.05, 4.69) is 9.97 Å². The lowest BCUT2D eigenvalue weighted by molar-refractivity contribution is 0.0467. The topological polar surface area (TPSA) is 65.2 Å². The highest BCUT2D eigenvalue weighted by Gasteiger charge is 2.19. The predicted molar refractivity (Wildman–Crippen MR) is 95.4 cm³/mol. The summed E-state index contributed by atoms with van der Waals surface area (Å²) in [6.07, 6.45) is 3.13. The number of pyridine rings is 1. The summed E-state index contributed by atoms with van der Waals surface area (Å²) in [4.78, 5) is 21.7. The third kappa shape index (κ3) is 2.97. The largest absolute Gasteiger partial charge is 0.462 e. The van der Waals surface area contributed by atoms with Crippen molar-refractivity contribution in [3.05, 3.63) is 70.8 Å². The average Bonchev–Trinajstić information content (AvgIpc) is 3.31. The molecule has 3 aromatic heterocycles. The van der Waals surface area contributed by atoms with Gasteiger partial charge in [-0.2, -0.15) is 0 Å². The van der Waals surface area contributed by atoms with E-state index in [1.807, 2.05) is 0 Å². The van der Waals surface area contributed by atoms with Crippen molar-refractivity contribution >= 4 is 28.2 Å². The van der Waals surface area contributed by atoms with E-state index in [0.717, 1.165) is 4.88 Å². The van der Waals surface area contributed by atoms with Crippen LogP contribution < -0.4 is 0 Å². The van der Waals surface area contributed by atoms with Gasteiger partial charge in [-0.25, -0.2) is 14.2 Å². The Labute approximate surface area is 152 Å². The minimum absolute atomic E-state index is 0.0142. The Morgan fingerprint density at radius 3 is 2.96 bits per heavy atom. The molecular formula is C19H13FN2O3S. The zero-order valence-corrected chi connectivity index (χ0v) is 14.5. The summed E-state index contributed by atoms with van der Waals surface area (Å²) in [7, 11) is 0. The van der Waals surface area contributed by atoms with Crippen LogP contribution in [-0.2, 0) is 11.3 Å². The minimum Gasteiger partial charge on any atom is -0.462 e. The van der Waals surface area contributed by atoms with Gasteiger partial charge in [-0.1, -0.05) is 6.07 Å². The Morgan fingerprint density at radius 1 is 1.27 bits per heavy atom. The Kier molecular flexibility index (Phi) is 4.22. The summed E-state index contributed by atoms with van der Waals surface area (Å²) >= 11 is 1.36. The van der Waals surface area contributed by atoms with Gasteiger partial charge in [0.1, 0.15) is 12.4 Å². The first-order valence-electron chi connectivity index (χ1n) is 7.84. The maximum atomic E-state index is 13.9. The fraction of sp³-hybridized carbons (Fsp3) is 0.105. The van der Waals surface area contributed by atoms with Crippen LogP contribution in [0.1, 0.15) is 20.9 Å². The van der Waals surface area contributed by atoms with Gasteiger partial charge in [0.25, 0.3) is 0 Å². The molecular weight excluding hydrogens is 355 g/mol. The number of nitrogens with zero attached hydrogens (tertiary/aromatic N) is 2. The van der Waals surface area contributed by atoms with E-state index in [1.54, 1.807) is 49.7 Å². The standard InChI is InChI=1S/C19H13FN2O3S/c1-11-16(22-18(26-11)15-5-3-9-24-15)19(23)25-10-12-6-7-14(20)13-4-2-8-21-17(12)13/h2-9H,10H2,1H3. The zero-order valence-electron chi connectivity index (χ0n) is 13.7. The SMILES string of the molecule is Cc1sc(-c2ccco2)nc1C(=O)OCc1ccc(F)c2cccnc12. The van der Waals surface area contributed by atoms with Crippen molar-refractivity contribution in [1.82, 2.24) is 9.97 Å². The molecule has 3 heterocycles. The molecule has 26 heavy (non-hydrogen) atoms. The summed E-state index contributed by atoms with van der Waals surface area (Å²) in [5, 5.41) is 1.01. The smallest absolute Gasteiger partial charge is 0.358 e. The quantitative estimate of drug-likeness (QED) is 0.486. The number of thiazole rings is 1. The molecule has 7 heteroatoms. The number of hydrogen-bond acceptors (Lipinski definition) is 6. The molecule has 0 aliphatic rings. The van der Waals surface area contributed by atoms with Crippen molar-refractivity contribution < 1.29 is 18.3 Å². The van der Waals surface area contributed by atoms with Gasteiger partial charge < -0.3 is 9.15 Å². The lowest BCUT2D eigenvalue weighted by Crippen LogP contribution is -2.07. The number of benzene rings is 1. The summed E-state index contributed by atoms with van der Waals surface area (Å²) < 4.78 is 24.5. The van der Waals surface area contributed by atoms with Crippen molar-refractivity contribution in [2.75, 3.05) is 0 Å². The molecule has 0 radical (unpaired) electrons. The van der Waals surface area contributed by atoms with Crippen molar-refractivity contribution in [2.45, 2.75) is 13.5 Å². The van der Waals surface area contributed by atoms with Crippen molar-refractivity contribution in [1.29, 1.82) is 0 Å². The molecule has 4 rings (SSSR count). The van der Waals surface area contributed by atoms with Crippen molar-refractivity contribution in [2.24, 2.45) is 0 Å². The van der Waals surface area contributed by atoms with Crippen LogP contribution in [0.3, 0.4) is 0 Å². The van der Waals surface area contributed by atoms with Gasteiger partial charge in [-0.3, -0.25) is 4.98 Å². The highest BCUT2D eigenvalue weighted by molar-refractivity contribution is 7.15. The predicted octanol–water partition coefficient (Wildman–Crippen LogP) is 4.76. The maximum Gasteiger partial charge on any atom is 0.358 e. The Hall–Kier alpha value is -3.06. The van der Waals surface area contributed by atoms with Crippen LogP contribution in [-0.4, -0.2) is 15.9 Å². The third-order valence-electron chi connectivity index (χ3n) is 3.88. The molecule has 0 saturated carbocycles. The second-order valence-electron chi connectivity index (χ2n) is 5.58. The normalized spacial score (nSPS) is 11.0. The second-order valence-corrected chi connectivity index (χ2v) is 6.79. The van der Waals surface area contributed by atoms with Crippen LogP contribution >= 0.6 is 11.3 Å². The summed E-state index contributed by atoms with van der Waals surface area (Å²) in [6.45, 7) is 1.79. The van der Waals surface area contributed by atoms with E-state index in [1.165, 1.54) is 17.4 Å². The zero-order chi connectivity index (χ0) is 18.1. The van der Waals surface area contributed by atoms with Crippen LogP contribution in [0.5, 0.6) is 0 Å². The van der Waals surface area contributed by atoms with Crippen LogP contribution in [0.4, 0.5) is 4.39 Å². The number of carbonyl (C=O) groups is 1. The molecule has 130 valence electrons. The summed E-state index contributed by atoms with van der Waals surface area (Å²) in [6, 6.07) is 9.76. The molecule has 0 unspecified atom stereocenters. The monoisotopic (exact) mass is 368 g/mol. The van der Waals surface area contributed by atoms with Crippen LogP contribution in [0.15, 0.2) is 53.3 Å². The number of halogens is 1. The summed E-state index contributed by atoms with van der Waals surface area (Å²) in [5.41, 5.74) is 1.36. The molecule has 1 aromatic carbocycles. The number of aryl methyl sites for hydroxylation is 1. The molecule has 0 fully saturated rings. The molecule has 5 nitrogen and oxygen atoms in total. The molecule has 0 atom stereocenters. The number of rotatable bonds is 4. The number of ether oxygens (including phenoxy) is 1. The Morgan fingerprint density at radius 2 is 2.15 bits per heavy atom. The first kappa shape index (κ1) is 16.4. The van der Waals surface area contributed by atoms with Crippen LogP contribution in [0, 0.1) is 12.7 Å². The van der Waals surface area contributed by atoms with E-state index in [9.17, 15) is 9.18 Å². The van der Waals surface area contributed by atoms with E-state index in [4.69, 9.17) is 9.15 Å². The fourth-order valence-electron chi connectivity index (χ4n) is 2.62. The number of carbonyl (C=O) groups excluding carboxylic acids is 1. The van der Waals surface area contributed by atoms with Gasteiger partial charge in [0.15, 0.2) is 16.5 Å². The number of fused-ring (bicyclic) bond motifs is 1. The van der Waals surface area contributed by atoms with Crippen molar-refractivity contribution in [3.63, 3.8) is 0 Å². The van der Waals surface area contributed by atoms with E-state index in [-0.39, 0.29) is 18.1 Å². The lowest BCUT2D eigenvalue weighted by Gasteiger charge is -2.07. The number of aromatic nitrogens is 2. The van der Waals surface area contributed by atoms with E-state index >= 15 is 0 Å². The molecule has 0 saturated heterocycles. The van der Waals surface area contributed by atoms with E-state index in [0.29, 0.717) is 27.2 Å². The molecule has 0 spiro atoms. The second kappa shape index (κ2) is 6.68. The van der Waals surface area contributed by atoms with E-state index < -0.39 is 5.97 Å². The molecule has 0 aliphatic carbocycles. The van der Waals surface area contributed by atoms with Gasteiger partial charge in [0, 0.05) is 22.0 Å². The van der Waals surface area contributed by atoms with Gasteiger partial charge in [-0.15, -0.1) is 11.3 Å². The average molecular weight is 368 g/mol. The van der Waals surface area contributed by atoms with Crippen LogP contribution in [0.2, 0.25) is 0 Å². The first-order chi connectivity index (χ1) is 12.6. The number of furan rings is 1. The maximum absolute atomic E-state index is 13.9. The van der Waals surface area contributed by atoms with Gasteiger partial charge in [-0.05, 0) is 37.3 Å². The highest BCUT2D eigenvalue weighted by Crippen LogP contribution is 2.28. The first-order valence-corrected chi connectivity index (χ1v) is 8.65. The number of hydrogen-bond donors (Lipinski definition) is 0. The molecule has 0 amide bonds. The molecule has 0 N–H and O–H groups in total. The molecule has 0 bridgehead atoms. The Balaban J connectivity index is 1.56. The number of esters is 1. The van der Waals surface area contributed by atoms with Gasteiger partial charge in [0.2, 0.25) is 0 Å². The van der Waals surface area contributed by atoms with Gasteiger partial charge in [0.05, 0.1) is 11.8 Å². The minimum atomic E-state index is -0.537. The lowest BCUT2D eigenvalue weighted by atomic mass is 10.1. The molecule has 0 aliphatic heterocycles. The van der Waals surface area contributed by atoms with Crippen LogP contribution in [0.25, 0.3) is 21.7 Å². The van der Waals surface area contributed by atoms with Crippen molar-refractivity contribution in [3.8, 4) is 10.8 Å². The fourth-order valence-corrected chi connectivity index (χ4v) is 3.49. The Bertz CT molecular complexity index is 1090. The molecule has 4 aromatic rings. The third-order valence-corrected chi connectivity index (χ3v) is 4.87. The van der Waals surface area contributed by atoms with Gasteiger partial charge >= 0.3 is 5.97 Å².